The quantitative estimate of drug-likeness (QED) is 0.180. The van der Waals surface area contributed by atoms with Crippen LogP contribution in [0.5, 0.6) is 0 Å². The second-order valence-electron chi connectivity index (χ2n) is 11.7. The van der Waals surface area contributed by atoms with E-state index < -0.39 is 47.1 Å². The summed E-state index contributed by atoms with van der Waals surface area (Å²) < 4.78 is 87.5. The number of alkyl halides is 6. The number of aromatic nitrogens is 4. The Morgan fingerprint density at radius 3 is 2.13 bits per heavy atom. The zero-order valence-corrected chi connectivity index (χ0v) is 25.4. The van der Waals surface area contributed by atoms with Crippen LogP contribution in [0.2, 0.25) is 0 Å². The summed E-state index contributed by atoms with van der Waals surface area (Å²) in [7, 11) is 1.54. The zero-order valence-electron chi connectivity index (χ0n) is 25.4. The number of amides is 2. The van der Waals surface area contributed by atoms with Crippen molar-refractivity contribution in [3.8, 4) is 16.9 Å². The molecule has 5 rings (SSSR count). The standard InChI is InChI=1S/C32H28F6N6O3/c1-30(2,3)43(29(46)47)26(32(36,37)38)18-10-12-21-25(17-18)41-44(20-8-6-5-7-9-20)27(21)39-28(45)19-11-13-23(31(33,34)35)22(16-19)24-14-15-42(4)40-24/h5-17,26H,1-4H3,(H,39,45)(H,46,47)/t26-/m1/s1. The lowest BCUT2D eigenvalue weighted by Crippen LogP contribution is -2.51. The van der Waals surface area contributed by atoms with Crippen LogP contribution in [0.15, 0.2) is 79.0 Å². The van der Waals surface area contributed by atoms with E-state index in [0.717, 1.165) is 30.3 Å². The molecule has 2 aromatic heterocycles. The molecule has 0 aliphatic rings. The molecule has 0 aliphatic heterocycles. The minimum atomic E-state index is -4.99. The number of carbonyl (C=O) groups excluding carboxylic acids is 1. The summed E-state index contributed by atoms with van der Waals surface area (Å²) in [5.74, 6) is -0.798. The maximum absolute atomic E-state index is 14.5. The number of nitrogens with one attached hydrogen (secondary N) is 1. The number of rotatable bonds is 6. The lowest BCUT2D eigenvalue weighted by atomic mass is 9.97. The third kappa shape index (κ3) is 6.64. The van der Waals surface area contributed by atoms with Gasteiger partial charge in [0.05, 0.1) is 22.5 Å². The molecule has 0 aliphatic carbocycles. The van der Waals surface area contributed by atoms with Gasteiger partial charge in [-0.25, -0.2) is 9.48 Å². The summed E-state index contributed by atoms with van der Waals surface area (Å²) in [6.45, 7) is 4.03. The predicted molar refractivity (Wildman–Crippen MR) is 161 cm³/mol. The second-order valence-corrected chi connectivity index (χ2v) is 11.7. The van der Waals surface area contributed by atoms with E-state index in [9.17, 15) is 41.0 Å². The number of nitrogens with zero attached hydrogens (tertiary/aromatic N) is 5. The van der Waals surface area contributed by atoms with E-state index in [1.807, 2.05) is 0 Å². The Labute approximate surface area is 264 Å². The van der Waals surface area contributed by atoms with Gasteiger partial charge in [-0.3, -0.25) is 14.4 Å². The Morgan fingerprint density at radius 2 is 1.57 bits per heavy atom. The van der Waals surface area contributed by atoms with Crippen molar-refractivity contribution in [1.82, 2.24) is 24.5 Å². The van der Waals surface area contributed by atoms with Crippen molar-refractivity contribution in [2.45, 2.75) is 44.7 Å². The third-order valence-corrected chi connectivity index (χ3v) is 7.32. The van der Waals surface area contributed by atoms with Crippen LogP contribution in [-0.4, -0.2) is 53.3 Å². The molecule has 0 unspecified atom stereocenters. The molecule has 0 fully saturated rings. The molecule has 0 bridgehead atoms. The smallest absolute Gasteiger partial charge is 0.417 e. The van der Waals surface area contributed by atoms with Gasteiger partial charge in [-0.05, 0) is 74.9 Å². The van der Waals surface area contributed by atoms with E-state index in [4.69, 9.17) is 0 Å². The lowest BCUT2D eigenvalue weighted by Gasteiger charge is -2.40. The number of hydrogen-bond donors (Lipinski definition) is 2. The van der Waals surface area contributed by atoms with Gasteiger partial charge in [0.15, 0.2) is 6.04 Å². The summed E-state index contributed by atoms with van der Waals surface area (Å²) in [5.41, 5.74) is -2.90. The van der Waals surface area contributed by atoms with E-state index >= 15 is 0 Å². The molecule has 5 aromatic rings. The first-order valence-electron chi connectivity index (χ1n) is 14.1. The minimum absolute atomic E-state index is 0.00301. The Morgan fingerprint density at radius 1 is 0.894 bits per heavy atom. The number of aryl methyl sites for hydroxylation is 1. The van der Waals surface area contributed by atoms with E-state index in [-0.39, 0.29) is 33.5 Å². The number of fused-ring (bicyclic) bond motifs is 1. The average Bonchev–Trinajstić information content (AvgIpc) is 3.57. The van der Waals surface area contributed by atoms with Crippen LogP contribution in [0, 0.1) is 0 Å². The zero-order chi connectivity index (χ0) is 34.5. The highest BCUT2D eigenvalue weighted by atomic mass is 19.4. The molecule has 9 nitrogen and oxygen atoms in total. The van der Waals surface area contributed by atoms with Gasteiger partial charge in [-0.2, -0.15) is 36.5 Å². The van der Waals surface area contributed by atoms with Crippen LogP contribution in [0.1, 0.15) is 48.3 Å². The number of anilines is 1. The molecule has 2 heterocycles. The largest absolute Gasteiger partial charge is 0.465 e. The lowest BCUT2D eigenvalue weighted by molar-refractivity contribution is -0.191. The molecule has 0 spiro atoms. The molecule has 47 heavy (non-hydrogen) atoms. The van der Waals surface area contributed by atoms with Gasteiger partial charge in [0.1, 0.15) is 5.82 Å². The fourth-order valence-corrected chi connectivity index (χ4v) is 5.30. The molecule has 0 radical (unpaired) electrons. The molecule has 2 amide bonds. The summed E-state index contributed by atoms with van der Waals surface area (Å²) >= 11 is 0. The number of halogens is 6. The summed E-state index contributed by atoms with van der Waals surface area (Å²) in [6.07, 6.45) is -10.0. The van der Waals surface area contributed by atoms with Crippen LogP contribution in [0.4, 0.5) is 37.0 Å². The van der Waals surface area contributed by atoms with E-state index in [1.54, 1.807) is 30.3 Å². The first kappa shape index (κ1) is 33.0. The topological polar surface area (TPSA) is 105 Å². The molecular formula is C32H28F6N6O3. The first-order chi connectivity index (χ1) is 21.9. The van der Waals surface area contributed by atoms with E-state index in [2.05, 4.69) is 15.5 Å². The van der Waals surface area contributed by atoms with Gasteiger partial charge in [-0.15, -0.1) is 0 Å². The van der Waals surface area contributed by atoms with Crippen molar-refractivity contribution in [1.29, 1.82) is 0 Å². The van der Waals surface area contributed by atoms with Gasteiger partial charge in [-0.1, -0.05) is 24.3 Å². The fourth-order valence-electron chi connectivity index (χ4n) is 5.30. The minimum Gasteiger partial charge on any atom is -0.465 e. The summed E-state index contributed by atoms with van der Waals surface area (Å²) in [6, 6.07) is 13.5. The Bertz CT molecular complexity index is 1960. The van der Waals surface area contributed by atoms with Crippen molar-refractivity contribution < 1.29 is 41.0 Å². The van der Waals surface area contributed by atoms with Gasteiger partial charge in [0.25, 0.3) is 5.91 Å². The highest BCUT2D eigenvalue weighted by Gasteiger charge is 2.50. The van der Waals surface area contributed by atoms with E-state index in [1.165, 1.54) is 55.5 Å². The van der Waals surface area contributed by atoms with Crippen LogP contribution in [0.3, 0.4) is 0 Å². The second kappa shape index (κ2) is 11.8. The molecule has 0 saturated heterocycles. The van der Waals surface area contributed by atoms with Crippen LogP contribution >= 0.6 is 0 Å². The van der Waals surface area contributed by atoms with Gasteiger partial charge in [0, 0.05) is 35.3 Å². The highest BCUT2D eigenvalue weighted by Crippen LogP contribution is 2.43. The molecule has 2 N–H and O–H groups in total. The van der Waals surface area contributed by atoms with Crippen molar-refractivity contribution in [2.75, 3.05) is 5.32 Å². The maximum atomic E-state index is 14.5. The monoisotopic (exact) mass is 658 g/mol. The van der Waals surface area contributed by atoms with Crippen LogP contribution in [-0.2, 0) is 13.2 Å². The van der Waals surface area contributed by atoms with Gasteiger partial charge < -0.3 is 10.4 Å². The Kier molecular flexibility index (Phi) is 8.29. The molecule has 1 atom stereocenters. The van der Waals surface area contributed by atoms with Crippen molar-refractivity contribution in [3.05, 3.63) is 95.7 Å². The molecule has 15 heteroatoms. The average molecular weight is 659 g/mol. The summed E-state index contributed by atoms with van der Waals surface area (Å²) in [5, 5.41) is 21.1. The summed E-state index contributed by atoms with van der Waals surface area (Å²) in [4.78, 5) is 26.0. The van der Waals surface area contributed by atoms with Gasteiger partial charge in [0.2, 0.25) is 0 Å². The highest BCUT2D eigenvalue weighted by molar-refractivity contribution is 6.09. The molecule has 3 aromatic carbocycles. The van der Waals surface area contributed by atoms with Crippen molar-refractivity contribution in [2.24, 2.45) is 7.05 Å². The van der Waals surface area contributed by atoms with Crippen LogP contribution in [0.25, 0.3) is 27.8 Å². The molecule has 246 valence electrons. The van der Waals surface area contributed by atoms with Crippen molar-refractivity contribution in [3.63, 3.8) is 0 Å². The number of para-hydroxylation sites is 1. The van der Waals surface area contributed by atoms with Gasteiger partial charge >= 0.3 is 18.4 Å². The Balaban J connectivity index is 1.63. The van der Waals surface area contributed by atoms with Crippen molar-refractivity contribution >= 4 is 28.7 Å². The van der Waals surface area contributed by atoms with Crippen LogP contribution < -0.4 is 5.32 Å². The number of benzene rings is 3. The number of hydrogen-bond acceptors (Lipinski definition) is 4. The normalized spacial score (nSPS) is 13.1. The number of carboxylic acid groups (broad SMARTS) is 1. The fraction of sp³-hybridized carbons (Fsp3) is 0.250. The van der Waals surface area contributed by atoms with E-state index in [0.29, 0.717) is 10.6 Å². The molecular weight excluding hydrogens is 630 g/mol. The number of carbonyl (C=O) groups is 2. The maximum Gasteiger partial charge on any atom is 0.417 e. The first-order valence-corrected chi connectivity index (χ1v) is 14.1. The SMILES string of the molecule is Cn1ccc(-c2cc(C(=O)Nc3c4ccc([C@@H](N(C(=O)O)C(C)(C)C)C(F)(F)F)cc4nn3-c3ccccc3)ccc2C(F)(F)F)n1. The molecule has 0 saturated carbocycles. The Hall–Kier alpha value is -5.34. The predicted octanol–water partition coefficient (Wildman–Crippen LogP) is 8.08. The third-order valence-electron chi connectivity index (χ3n) is 7.32.